The fraction of sp³-hybridized carbons (Fsp3) is 0.765. The van der Waals surface area contributed by atoms with Crippen molar-refractivity contribution >= 4 is 12.1 Å². The van der Waals surface area contributed by atoms with E-state index in [0.717, 1.165) is 18.4 Å². The fourth-order valence-electron chi connectivity index (χ4n) is 6.02. The first-order valence-electron chi connectivity index (χ1n) is 16.3. The van der Waals surface area contributed by atoms with Crippen molar-refractivity contribution in [3.63, 3.8) is 0 Å². The van der Waals surface area contributed by atoms with Crippen LogP contribution in [0.1, 0.15) is 73.6 Å². The maximum atomic E-state index is 13.1. The molecule has 3 rings (SSSR count). The van der Waals surface area contributed by atoms with Gasteiger partial charge in [0, 0.05) is 45.1 Å². The normalized spacial score (nSPS) is 35.2. The van der Waals surface area contributed by atoms with Gasteiger partial charge in [-0.1, -0.05) is 52.0 Å². The Bertz CT molecular complexity index is 1020. The smallest absolute Gasteiger partial charge is 0.410 e. The van der Waals surface area contributed by atoms with Crippen LogP contribution in [0.15, 0.2) is 36.0 Å². The molecular weight excluding hydrogens is 564 g/mol. The Labute approximate surface area is 263 Å². The van der Waals surface area contributed by atoms with Crippen LogP contribution in [0.5, 0.6) is 0 Å². The molecule has 0 unspecified atom stereocenters. The number of cyclic esters (lactones) is 1. The average molecular weight is 621 g/mol. The standard InChI is InChI=1S/C34H56N2O8/c1-8-27(38)25(5)32-28(42-32)20-22(2)10-9-11-23(3)31-24(4)12-13-29(43-33(40)36-18-16-35-17-19-36)34(6,41-7)15-14-26(37)21-30(39)44-31/h9-13,22,24-29,31-32,35,37-38H,8,14-21H2,1-7H3/b10-9+,13-12-,23-11+/t22-,24+,25-,26-,27+,28-,29+,31-,32+,34-/m1/s1. The van der Waals surface area contributed by atoms with E-state index in [1.54, 1.807) is 12.0 Å². The van der Waals surface area contributed by atoms with Crippen molar-refractivity contribution in [2.75, 3.05) is 33.3 Å². The maximum absolute atomic E-state index is 13.1. The van der Waals surface area contributed by atoms with Gasteiger partial charge >= 0.3 is 12.1 Å². The van der Waals surface area contributed by atoms with E-state index in [4.69, 9.17) is 18.9 Å². The highest BCUT2D eigenvalue weighted by atomic mass is 16.6. The molecule has 44 heavy (non-hydrogen) atoms. The minimum atomic E-state index is -0.916. The van der Waals surface area contributed by atoms with Crippen LogP contribution in [-0.2, 0) is 23.7 Å². The molecule has 0 saturated carbocycles. The van der Waals surface area contributed by atoms with E-state index in [0.29, 0.717) is 32.6 Å². The average Bonchev–Trinajstić information content (AvgIpc) is 3.78. The Morgan fingerprint density at radius 3 is 2.64 bits per heavy atom. The molecule has 3 heterocycles. The summed E-state index contributed by atoms with van der Waals surface area (Å²) in [6.45, 7) is 14.5. The number of nitrogens with one attached hydrogen (secondary N) is 1. The first-order chi connectivity index (χ1) is 20.9. The van der Waals surface area contributed by atoms with Gasteiger partial charge in [-0.3, -0.25) is 4.79 Å². The molecule has 2 fully saturated rings. The summed E-state index contributed by atoms with van der Waals surface area (Å²) in [6, 6.07) is 0. The Balaban J connectivity index is 1.74. The van der Waals surface area contributed by atoms with Crippen molar-refractivity contribution < 1.29 is 38.7 Å². The predicted molar refractivity (Wildman–Crippen MR) is 169 cm³/mol. The van der Waals surface area contributed by atoms with Crippen molar-refractivity contribution in [1.82, 2.24) is 10.2 Å². The summed E-state index contributed by atoms with van der Waals surface area (Å²) in [5, 5.41) is 24.0. The van der Waals surface area contributed by atoms with Gasteiger partial charge in [0.1, 0.15) is 11.7 Å². The number of rotatable bonds is 10. The highest BCUT2D eigenvalue weighted by molar-refractivity contribution is 5.70. The lowest BCUT2D eigenvalue weighted by atomic mass is 9.88. The summed E-state index contributed by atoms with van der Waals surface area (Å²) in [4.78, 5) is 27.6. The van der Waals surface area contributed by atoms with Gasteiger partial charge < -0.3 is 39.4 Å². The lowest BCUT2D eigenvalue weighted by Gasteiger charge is -2.37. The first-order valence-corrected chi connectivity index (χ1v) is 16.3. The quantitative estimate of drug-likeness (QED) is 0.143. The molecule has 0 bridgehead atoms. The van der Waals surface area contributed by atoms with E-state index >= 15 is 0 Å². The molecule has 0 aromatic heterocycles. The van der Waals surface area contributed by atoms with Gasteiger partial charge in [0.15, 0.2) is 6.10 Å². The second kappa shape index (κ2) is 16.9. The molecule has 1 amide bonds. The molecular formula is C34H56N2O8. The lowest BCUT2D eigenvalue weighted by Crippen LogP contribution is -2.50. The van der Waals surface area contributed by atoms with Crippen LogP contribution in [0.25, 0.3) is 0 Å². The summed E-state index contributed by atoms with van der Waals surface area (Å²) in [6.07, 6.45) is 9.25. The van der Waals surface area contributed by atoms with Gasteiger partial charge in [-0.2, -0.15) is 0 Å². The third-order valence-electron chi connectivity index (χ3n) is 9.39. The van der Waals surface area contributed by atoms with Crippen LogP contribution >= 0.6 is 0 Å². The maximum Gasteiger partial charge on any atom is 0.410 e. The van der Waals surface area contributed by atoms with Gasteiger partial charge in [0.25, 0.3) is 0 Å². The molecule has 0 aliphatic carbocycles. The van der Waals surface area contributed by atoms with E-state index < -0.39 is 36.0 Å². The van der Waals surface area contributed by atoms with E-state index in [-0.39, 0.29) is 48.9 Å². The number of esters is 1. The molecule has 250 valence electrons. The molecule has 10 nitrogen and oxygen atoms in total. The SMILES string of the molecule is CC[C@H](O)[C@@H](C)[C@@H]1O[C@@H]1C[C@H](C)/C=C/C=C(\C)[C@H]1OC(=O)C[C@H](O)CC[C@@](C)(OC)[C@@H](OC(=O)N2CCNCC2)/C=C\[C@@H]1C. The van der Waals surface area contributed by atoms with Gasteiger partial charge in [0.05, 0.1) is 30.8 Å². The van der Waals surface area contributed by atoms with Crippen molar-refractivity contribution in [2.24, 2.45) is 17.8 Å². The Morgan fingerprint density at radius 2 is 1.98 bits per heavy atom. The summed E-state index contributed by atoms with van der Waals surface area (Å²) >= 11 is 0. The number of hydrogen-bond acceptors (Lipinski definition) is 9. The summed E-state index contributed by atoms with van der Waals surface area (Å²) in [5.41, 5.74) is -0.0467. The van der Waals surface area contributed by atoms with Crippen LogP contribution in [0, 0.1) is 17.8 Å². The second-order valence-electron chi connectivity index (χ2n) is 13.1. The van der Waals surface area contributed by atoms with E-state index in [1.807, 2.05) is 58.9 Å². The molecule has 10 atom stereocenters. The number of epoxide rings is 1. The van der Waals surface area contributed by atoms with Gasteiger partial charge in [-0.15, -0.1) is 0 Å². The molecule has 0 aromatic rings. The van der Waals surface area contributed by atoms with Crippen LogP contribution in [0.4, 0.5) is 4.79 Å². The minimum absolute atomic E-state index is 0.108. The number of allylic oxidation sites excluding steroid dienone is 3. The first kappa shape index (κ1) is 36.2. The second-order valence-corrected chi connectivity index (χ2v) is 13.1. The number of amides is 1. The number of nitrogens with zero attached hydrogens (tertiary/aromatic N) is 1. The Hall–Kier alpha value is -2.24. The summed E-state index contributed by atoms with van der Waals surface area (Å²) in [7, 11) is 1.57. The van der Waals surface area contributed by atoms with Crippen molar-refractivity contribution in [2.45, 2.75) is 116 Å². The third kappa shape index (κ3) is 10.4. The van der Waals surface area contributed by atoms with E-state index in [9.17, 15) is 19.8 Å². The lowest BCUT2D eigenvalue weighted by molar-refractivity contribution is -0.151. The highest BCUT2D eigenvalue weighted by Gasteiger charge is 2.45. The monoisotopic (exact) mass is 620 g/mol. The van der Waals surface area contributed by atoms with Gasteiger partial charge in [-0.05, 0) is 57.1 Å². The highest BCUT2D eigenvalue weighted by Crippen LogP contribution is 2.36. The van der Waals surface area contributed by atoms with E-state index in [1.165, 1.54) is 0 Å². The van der Waals surface area contributed by atoms with Crippen LogP contribution in [0.2, 0.25) is 0 Å². The van der Waals surface area contributed by atoms with Gasteiger partial charge in [0.2, 0.25) is 0 Å². The summed E-state index contributed by atoms with van der Waals surface area (Å²) in [5.74, 6) is -0.316. The molecule has 0 spiro atoms. The minimum Gasteiger partial charge on any atom is -0.457 e. The largest absolute Gasteiger partial charge is 0.457 e. The fourth-order valence-corrected chi connectivity index (χ4v) is 6.02. The number of aliphatic hydroxyl groups is 2. The zero-order valence-electron chi connectivity index (χ0n) is 27.7. The van der Waals surface area contributed by atoms with Gasteiger partial charge in [-0.25, -0.2) is 4.79 Å². The Morgan fingerprint density at radius 1 is 1.27 bits per heavy atom. The molecule has 3 aliphatic rings. The number of hydrogen-bond donors (Lipinski definition) is 3. The topological polar surface area (TPSA) is 130 Å². The Kier molecular flexibility index (Phi) is 13.9. The summed E-state index contributed by atoms with van der Waals surface area (Å²) < 4.78 is 23.7. The number of methoxy groups -OCH3 is 1. The van der Waals surface area contributed by atoms with Crippen molar-refractivity contribution in [3.05, 3.63) is 36.0 Å². The van der Waals surface area contributed by atoms with Crippen molar-refractivity contribution in [3.8, 4) is 0 Å². The zero-order valence-corrected chi connectivity index (χ0v) is 27.7. The molecule has 0 aromatic carbocycles. The van der Waals surface area contributed by atoms with Crippen LogP contribution in [0.3, 0.4) is 0 Å². The number of carbonyl (C=O) groups is 2. The van der Waals surface area contributed by atoms with E-state index in [2.05, 4.69) is 18.3 Å². The molecule has 0 radical (unpaired) electrons. The molecule has 3 aliphatic heterocycles. The molecule has 10 heteroatoms. The predicted octanol–water partition coefficient (Wildman–Crippen LogP) is 4.15. The number of carbonyl (C=O) groups excluding carboxylic acids is 2. The van der Waals surface area contributed by atoms with Crippen LogP contribution in [-0.4, -0.2) is 103 Å². The van der Waals surface area contributed by atoms with Crippen LogP contribution < -0.4 is 5.32 Å². The number of aliphatic hydroxyl groups excluding tert-OH is 2. The zero-order chi connectivity index (χ0) is 32.4. The number of piperazine rings is 1. The third-order valence-corrected chi connectivity index (χ3v) is 9.39. The molecule has 2 saturated heterocycles. The van der Waals surface area contributed by atoms with Crippen molar-refractivity contribution in [1.29, 1.82) is 0 Å². The number of ether oxygens (including phenoxy) is 4. The molecule has 3 N–H and O–H groups in total.